The van der Waals surface area contributed by atoms with E-state index in [1.165, 1.54) is 0 Å². The van der Waals surface area contributed by atoms with Gasteiger partial charge in [0.25, 0.3) is 12.0 Å². The van der Waals surface area contributed by atoms with E-state index < -0.39 is 35.5 Å². The number of H-pyrrole nitrogens is 1. The molecule has 4 nitrogen and oxygen atoms in total. The highest BCUT2D eigenvalue weighted by Gasteiger charge is 2.34. The van der Waals surface area contributed by atoms with E-state index in [2.05, 4.69) is 9.47 Å². The van der Waals surface area contributed by atoms with Crippen molar-refractivity contribution in [2.45, 2.75) is 12.8 Å². The summed E-state index contributed by atoms with van der Waals surface area (Å²) in [5.41, 5.74) is -2.13. The number of nitrogens with one attached hydrogen (secondary N) is 1. The predicted molar refractivity (Wildman–Crippen MR) is 45.3 cm³/mol. The summed E-state index contributed by atoms with van der Waals surface area (Å²) in [4.78, 5) is 12.5. The Morgan fingerprint density at radius 3 is 2.35 bits per heavy atom. The van der Waals surface area contributed by atoms with Gasteiger partial charge in [-0.15, -0.1) is 13.2 Å². The quantitative estimate of drug-likeness (QED) is 0.847. The van der Waals surface area contributed by atoms with Crippen LogP contribution in [0.5, 0.6) is 11.6 Å². The van der Waals surface area contributed by atoms with Crippen molar-refractivity contribution < 1.29 is 31.4 Å². The molecule has 1 N–H and O–H groups in total. The van der Waals surface area contributed by atoms with Crippen molar-refractivity contribution in [3.8, 4) is 11.6 Å². The van der Waals surface area contributed by atoms with Gasteiger partial charge in [-0.25, -0.2) is 8.78 Å². The summed E-state index contributed by atoms with van der Waals surface area (Å²) in [6.07, 6.45) is -8.29. The molecule has 0 unspecified atom stereocenters. The van der Waals surface area contributed by atoms with Gasteiger partial charge in [-0.2, -0.15) is 0 Å². The maximum atomic E-state index is 12.4. The Hall–Kier alpha value is -1.80. The number of aromatic amines is 1. The molecule has 0 radical (unpaired) electrons. The zero-order valence-electron chi connectivity index (χ0n) is 8.27. The maximum Gasteiger partial charge on any atom is 0.574 e. The van der Waals surface area contributed by atoms with Crippen molar-refractivity contribution in [2.75, 3.05) is 7.11 Å². The molecule has 17 heavy (non-hydrogen) atoms. The van der Waals surface area contributed by atoms with E-state index in [1.807, 2.05) is 0 Å². The molecule has 0 aliphatic heterocycles. The Morgan fingerprint density at radius 1 is 1.35 bits per heavy atom. The summed E-state index contributed by atoms with van der Waals surface area (Å²) >= 11 is 0. The lowest BCUT2D eigenvalue weighted by atomic mass is 10.2. The molecule has 0 saturated carbocycles. The van der Waals surface area contributed by atoms with E-state index in [0.29, 0.717) is 6.07 Å². The lowest BCUT2D eigenvalue weighted by molar-refractivity contribution is -0.276. The van der Waals surface area contributed by atoms with E-state index in [1.54, 1.807) is 4.98 Å². The number of hydrogen-bond donors (Lipinski definition) is 1. The second-order valence-electron chi connectivity index (χ2n) is 2.80. The molecule has 1 heterocycles. The number of rotatable bonds is 3. The van der Waals surface area contributed by atoms with Crippen LogP contribution in [0.4, 0.5) is 22.0 Å². The van der Waals surface area contributed by atoms with E-state index in [-0.39, 0.29) is 0 Å². The standard InChI is InChI=1S/C8H6F5NO3/c1-16-5-3(6(9)10)2-4(15)14-7(5)17-8(11,12)13/h2,6H,1H3,(H,14,15). The predicted octanol–water partition coefficient (Wildman–Crippen LogP) is 2.22. The lowest BCUT2D eigenvalue weighted by Gasteiger charge is -2.14. The lowest BCUT2D eigenvalue weighted by Crippen LogP contribution is -2.21. The van der Waals surface area contributed by atoms with E-state index >= 15 is 0 Å². The van der Waals surface area contributed by atoms with Gasteiger partial charge < -0.3 is 9.47 Å². The summed E-state index contributed by atoms with van der Waals surface area (Å²) in [7, 11) is 0.878. The summed E-state index contributed by atoms with van der Waals surface area (Å²) in [5, 5.41) is 0. The average molecular weight is 259 g/mol. The molecular formula is C8H6F5NO3. The summed E-state index contributed by atoms with van der Waals surface area (Å²) < 4.78 is 68.4. The van der Waals surface area contributed by atoms with Crippen LogP contribution >= 0.6 is 0 Å². The van der Waals surface area contributed by atoms with E-state index in [0.717, 1.165) is 7.11 Å². The number of hydrogen-bond acceptors (Lipinski definition) is 3. The van der Waals surface area contributed by atoms with Crippen LogP contribution in [-0.4, -0.2) is 18.5 Å². The highest BCUT2D eigenvalue weighted by atomic mass is 19.4. The maximum absolute atomic E-state index is 12.4. The van der Waals surface area contributed by atoms with Gasteiger partial charge in [0.2, 0.25) is 5.88 Å². The van der Waals surface area contributed by atoms with Crippen molar-refractivity contribution in [2.24, 2.45) is 0 Å². The van der Waals surface area contributed by atoms with Gasteiger partial charge in [-0.05, 0) is 0 Å². The van der Waals surface area contributed by atoms with Crippen LogP contribution in [-0.2, 0) is 0 Å². The minimum absolute atomic E-state index is 0.437. The Bertz CT molecular complexity index is 453. The topological polar surface area (TPSA) is 51.3 Å². The Morgan fingerprint density at radius 2 is 1.94 bits per heavy atom. The average Bonchev–Trinajstić information content (AvgIpc) is 2.14. The van der Waals surface area contributed by atoms with Crippen molar-refractivity contribution >= 4 is 0 Å². The second-order valence-corrected chi connectivity index (χ2v) is 2.80. The molecule has 0 bridgehead atoms. The summed E-state index contributed by atoms with van der Waals surface area (Å²) in [5.74, 6) is -2.07. The summed E-state index contributed by atoms with van der Waals surface area (Å²) in [6, 6.07) is 0.437. The van der Waals surface area contributed by atoms with Crippen molar-refractivity contribution in [3.63, 3.8) is 0 Å². The molecule has 96 valence electrons. The first kappa shape index (κ1) is 13.3. The molecule has 0 aliphatic carbocycles. The Kier molecular flexibility index (Phi) is 3.59. The fourth-order valence-electron chi connectivity index (χ4n) is 1.10. The minimum Gasteiger partial charge on any atom is -0.491 e. The Labute approximate surface area is 91.0 Å². The number of alkyl halides is 5. The summed E-state index contributed by atoms with van der Waals surface area (Å²) in [6.45, 7) is 0. The zero-order valence-corrected chi connectivity index (χ0v) is 8.27. The molecule has 0 aliphatic rings. The molecule has 0 atom stereocenters. The van der Waals surface area contributed by atoms with Gasteiger partial charge in [-0.3, -0.25) is 9.78 Å². The highest BCUT2D eigenvalue weighted by molar-refractivity contribution is 5.42. The van der Waals surface area contributed by atoms with Gasteiger partial charge in [0.15, 0.2) is 5.75 Å². The molecule has 1 aromatic heterocycles. The van der Waals surface area contributed by atoms with Crippen molar-refractivity contribution in [3.05, 3.63) is 22.0 Å². The van der Waals surface area contributed by atoms with Gasteiger partial charge in [0.05, 0.1) is 12.7 Å². The first-order valence-corrected chi connectivity index (χ1v) is 4.09. The van der Waals surface area contributed by atoms with Crippen molar-refractivity contribution in [1.29, 1.82) is 0 Å². The molecular weight excluding hydrogens is 253 g/mol. The number of pyridine rings is 1. The van der Waals surface area contributed by atoms with Crippen LogP contribution in [0.25, 0.3) is 0 Å². The van der Waals surface area contributed by atoms with Crippen LogP contribution in [0, 0.1) is 0 Å². The molecule has 0 spiro atoms. The van der Waals surface area contributed by atoms with Crippen LogP contribution in [0.2, 0.25) is 0 Å². The van der Waals surface area contributed by atoms with Crippen LogP contribution in [0.3, 0.4) is 0 Å². The van der Waals surface area contributed by atoms with E-state index in [9.17, 15) is 26.7 Å². The Balaban J connectivity index is 3.33. The normalized spacial score (nSPS) is 11.7. The SMILES string of the molecule is COc1c(C(F)F)cc(=O)[nH]c1OC(F)(F)F. The molecule has 1 aromatic rings. The van der Waals surface area contributed by atoms with Gasteiger partial charge in [-0.1, -0.05) is 0 Å². The van der Waals surface area contributed by atoms with E-state index in [4.69, 9.17) is 0 Å². The smallest absolute Gasteiger partial charge is 0.491 e. The minimum atomic E-state index is -5.13. The monoisotopic (exact) mass is 259 g/mol. The number of ether oxygens (including phenoxy) is 2. The molecule has 9 heteroatoms. The second kappa shape index (κ2) is 4.60. The number of halogens is 5. The first-order chi connectivity index (χ1) is 7.74. The zero-order chi connectivity index (χ0) is 13.2. The molecule has 0 fully saturated rings. The van der Waals surface area contributed by atoms with Crippen molar-refractivity contribution in [1.82, 2.24) is 4.98 Å². The highest BCUT2D eigenvalue weighted by Crippen LogP contribution is 2.36. The van der Waals surface area contributed by atoms with Gasteiger partial charge in [0.1, 0.15) is 0 Å². The number of aromatic nitrogens is 1. The number of methoxy groups -OCH3 is 1. The van der Waals surface area contributed by atoms with Crippen LogP contribution in [0.1, 0.15) is 12.0 Å². The van der Waals surface area contributed by atoms with Crippen LogP contribution < -0.4 is 15.0 Å². The third-order valence-electron chi connectivity index (χ3n) is 1.65. The fraction of sp³-hybridized carbons (Fsp3) is 0.375. The molecule has 0 aromatic carbocycles. The molecule has 1 rings (SSSR count). The van der Waals surface area contributed by atoms with Crippen LogP contribution in [0.15, 0.2) is 10.9 Å². The largest absolute Gasteiger partial charge is 0.574 e. The molecule has 0 saturated heterocycles. The van der Waals surface area contributed by atoms with Gasteiger partial charge in [0, 0.05) is 6.07 Å². The molecule has 0 amide bonds. The third kappa shape index (κ3) is 3.33. The first-order valence-electron chi connectivity index (χ1n) is 4.09. The third-order valence-corrected chi connectivity index (χ3v) is 1.65. The van der Waals surface area contributed by atoms with Gasteiger partial charge >= 0.3 is 6.36 Å². The fourth-order valence-corrected chi connectivity index (χ4v) is 1.10.